The van der Waals surface area contributed by atoms with Crippen molar-refractivity contribution < 1.29 is 61.4 Å². The molecule has 0 saturated carbocycles. The van der Waals surface area contributed by atoms with Gasteiger partial charge in [-0.15, -0.1) is 0 Å². The average molecular weight is 504 g/mol. The lowest BCUT2D eigenvalue weighted by molar-refractivity contribution is -0.339. The Labute approximate surface area is 170 Å². The first kappa shape index (κ1) is 24.3. The fourth-order valence-corrected chi connectivity index (χ4v) is 5.46. The SMILES string of the molecule is O=c1[nH]cnc2c1ncn2[C@H]1O[C@@H](COP(=O)([O-])OP(=O)([O-])OP(=O)([O-])[O-])[C@@H](O)[C@H]1O. The molecule has 2 aromatic heterocycles. The quantitative estimate of drug-likeness (QED) is 0.286. The first-order valence-electron chi connectivity index (χ1n) is 7.82. The third kappa shape index (κ3) is 5.71. The number of fused-ring (bicyclic) bond motifs is 1. The smallest absolute Gasteiger partial charge is 0.278 e. The van der Waals surface area contributed by atoms with Crippen LogP contribution in [-0.4, -0.2) is 54.7 Å². The number of nitrogens with one attached hydrogen (secondary N) is 1. The van der Waals surface area contributed by atoms with Crippen molar-refractivity contribution in [2.24, 2.45) is 0 Å². The Bertz CT molecular complexity index is 1160. The first-order valence-corrected chi connectivity index (χ1v) is 12.2. The van der Waals surface area contributed by atoms with Crippen LogP contribution in [0.5, 0.6) is 0 Å². The van der Waals surface area contributed by atoms with E-state index in [2.05, 4.69) is 28.1 Å². The lowest BCUT2D eigenvalue weighted by Gasteiger charge is -2.37. The second kappa shape index (κ2) is 8.53. The second-order valence-corrected chi connectivity index (χ2v) is 10.2. The van der Waals surface area contributed by atoms with Crippen LogP contribution in [0.25, 0.3) is 11.2 Å². The summed E-state index contributed by atoms with van der Waals surface area (Å²) in [5.41, 5.74) is -0.764. The van der Waals surface area contributed by atoms with Crippen molar-refractivity contribution in [1.82, 2.24) is 19.5 Å². The standard InChI is InChI=1S/C10H15N4O14P3/c15-6-4(1-25-30(21,22)28-31(23,24)27-29(18,19)20)26-10(7(6)16)14-3-13-5-8(14)11-2-12-9(5)17/h2-4,6-7,10,15-16H,1H2,(H,21,22)(H,23,24)(H,11,12,17)(H2,18,19,20)/p-4/t4-,6+,7+,10-/m0/s1. The number of H-pyrrole nitrogens is 1. The van der Waals surface area contributed by atoms with Crippen molar-refractivity contribution >= 4 is 34.6 Å². The van der Waals surface area contributed by atoms with Gasteiger partial charge in [0.05, 0.1) is 27.1 Å². The van der Waals surface area contributed by atoms with Crippen molar-refractivity contribution in [3.63, 3.8) is 0 Å². The molecule has 0 aliphatic carbocycles. The van der Waals surface area contributed by atoms with E-state index in [0.717, 1.165) is 17.2 Å². The number of hydrogen-bond donors (Lipinski definition) is 3. The van der Waals surface area contributed by atoms with Crippen LogP contribution in [0.4, 0.5) is 0 Å². The maximum atomic E-state index is 11.7. The van der Waals surface area contributed by atoms with E-state index in [1.165, 1.54) is 0 Å². The summed E-state index contributed by atoms with van der Waals surface area (Å²) in [5.74, 6) is 0. The molecule has 1 aliphatic rings. The minimum Gasteiger partial charge on any atom is -0.790 e. The largest absolute Gasteiger partial charge is 0.790 e. The molecule has 1 saturated heterocycles. The number of aromatic amines is 1. The summed E-state index contributed by atoms with van der Waals surface area (Å²) in [6.07, 6.45) is -4.35. The molecule has 31 heavy (non-hydrogen) atoms. The Kier molecular flexibility index (Phi) is 6.68. The summed E-state index contributed by atoms with van der Waals surface area (Å²) in [6.45, 7) is -1.11. The van der Waals surface area contributed by atoms with Crippen LogP contribution in [0.15, 0.2) is 17.4 Å². The van der Waals surface area contributed by atoms with E-state index in [1.54, 1.807) is 0 Å². The van der Waals surface area contributed by atoms with Gasteiger partial charge in [0.2, 0.25) is 0 Å². The predicted molar refractivity (Wildman–Crippen MR) is 85.0 cm³/mol. The highest BCUT2D eigenvalue weighted by molar-refractivity contribution is 7.64. The highest BCUT2D eigenvalue weighted by Gasteiger charge is 2.45. The summed E-state index contributed by atoms with van der Waals surface area (Å²) >= 11 is 0. The zero-order chi connectivity index (χ0) is 23.2. The van der Waals surface area contributed by atoms with Crippen LogP contribution >= 0.6 is 23.5 Å². The van der Waals surface area contributed by atoms with Gasteiger partial charge < -0.3 is 48.6 Å². The van der Waals surface area contributed by atoms with Gasteiger partial charge >= 0.3 is 0 Å². The molecule has 3 heterocycles. The van der Waals surface area contributed by atoms with E-state index >= 15 is 0 Å². The molecular weight excluding hydrogens is 493 g/mol. The summed E-state index contributed by atoms with van der Waals surface area (Å²) in [7, 11) is -18.1. The number of phosphoric ester groups is 1. The Hall–Kier alpha value is -1.36. The summed E-state index contributed by atoms with van der Waals surface area (Å²) in [6, 6.07) is 0. The van der Waals surface area contributed by atoms with Crippen molar-refractivity contribution in [2.75, 3.05) is 6.61 Å². The van der Waals surface area contributed by atoms with Gasteiger partial charge in [0.15, 0.2) is 17.4 Å². The first-order chi connectivity index (χ1) is 14.2. The van der Waals surface area contributed by atoms with Gasteiger partial charge in [-0.05, 0) is 0 Å². The Balaban J connectivity index is 1.70. The van der Waals surface area contributed by atoms with Crippen molar-refractivity contribution in [3.05, 3.63) is 23.0 Å². The van der Waals surface area contributed by atoms with Crippen molar-refractivity contribution in [3.8, 4) is 0 Å². The molecule has 1 fully saturated rings. The van der Waals surface area contributed by atoms with E-state index in [1.807, 2.05) is 0 Å². The topological polar surface area (TPSA) is 284 Å². The number of ether oxygens (including phenoxy) is 1. The minimum atomic E-state index is -6.15. The molecule has 3 N–H and O–H groups in total. The number of rotatable bonds is 8. The highest BCUT2D eigenvalue weighted by Crippen LogP contribution is 2.60. The van der Waals surface area contributed by atoms with Gasteiger partial charge in [-0.2, -0.15) is 0 Å². The summed E-state index contributed by atoms with van der Waals surface area (Å²) < 4.78 is 50.0. The molecular formula is C10H11N4O14P3-4. The molecule has 3 rings (SSSR count). The van der Waals surface area contributed by atoms with Crippen LogP contribution in [0.3, 0.4) is 0 Å². The molecule has 0 aromatic carbocycles. The Morgan fingerprint density at radius 2 is 1.77 bits per heavy atom. The van der Waals surface area contributed by atoms with Gasteiger partial charge in [-0.1, -0.05) is 0 Å². The van der Waals surface area contributed by atoms with E-state index in [-0.39, 0.29) is 11.2 Å². The predicted octanol–water partition coefficient (Wildman–Crippen LogP) is -4.45. The van der Waals surface area contributed by atoms with Crippen molar-refractivity contribution in [2.45, 2.75) is 24.5 Å². The monoisotopic (exact) mass is 504 g/mol. The molecule has 1 aliphatic heterocycles. The van der Waals surface area contributed by atoms with E-state index in [9.17, 15) is 48.3 Å². The van der Waals surface area contributed by atoms with Gasteiger partial charge in [-0.25, -0.2) is 14.3 Å². The van der Waals surface area contributed by atoms with Crippen LogP contribution in [0, 0.1) is 0 Å². The molecule has 6 atom stereocenters. The number of hydrogen-bond acceptors (Lipinski definition) is 16. The zero-order valence-electron chi connectivity index (χ0n) is 14.6. The zero-order valence-corrected chi connectivity index (χ0v) is 17.3. The van der Waals surface area contributed by atoms with Crippen LogP contribution in [0.2, 0.25) is 0 Å². The molecule has 2 unspecified atom stereocenters. The number of nitrogens with zero attached hydrogens (tertiary/aromatic N) is 3. The second-order valence-electron chi connectivity index (χ2n) is 5.90. The van der Waals surface area contributed by atoms with E-state index in [4.69, 9.17) is 4.74 Å². The van der Waals surface area contributed by atoms with E-state index < -0.39 is 60.2 Å². The maximum absolute atomic E-state index is 11.7. The number of aromatic nitrogens is 4. The highest BCUT2D eigenvalue weighted by atomic mass is 31.3. The Morgan fingerprint density at radius 3 is 2.42 bits per heavy atom. The lowest BCUT2D eigenvalue weighted by atomic mass is 10.1. The van der Waals surface area contributed by atoms with Crippen molar-refractivity contribution in [1.29, 1.82) is 0 Å². The number of phosphoric acid groups is 3. The molecule has 0 bridgehead atoms. The van der Waals surface area contributed by atoms with Crippen LogP contribution < -0.4 is 25.1 Å². The summed E-state index contributed by atoms with van der Waals surface area (Å²) in [5, 5.41) is 20.3. The normalized spacial score (nSPS) is 28.5. The molecule has 0 spiro atoms. The molecule has 18 nitrogen and oxygen atoms in total. The molecule has 0 radical (unpaired) electrons. The lowest BCUT2D eigenvalue weighted by Crippen LogP contribution is -2.34. The minimum absolute atomic E-state index is 0.0384. The van der Waals surface area contributed by atoms with Crippen LogP contribution in [0.1, 0.15) is 6.23 Å². The third-order valence-electron chi connectivity index (χ3n) is 3.77. The fourth-order valence-electron chi connectivity index (χ4n) is 2.59. The van der Waals surface area contributed by atoms with Gasteiger partial charge in [-0.3, -0.25) is 22.8 Å². The number of aliphatic hydroxyl groups excluding tert-OH is 2. The fraction of sp³-hybridized carbons (Fsp3) is 0.500. The molecule has 174 valence electrons. The van der Waals surface area contributed by atoms with Gasteiger partial charge in [0.1, 0.15) is 18.3 Å². The molecule has 2 aromatic rings. The number of aliphatic hydroxyl groups is 2. The molecule has 21 heteroatoms. The van der Waals surface area contributed by atoms with E-state index in [0.29, 0.717) is 0 Å². The maximum Gasteiger partial charge on any atom is 0.278 e. The van der Waals surface area contributed by atoms with Gasteiger partial charge in [0.25, 0.3) is 21.2 Å². The summed E-state index contributed by atoms with van der Waals surface area (Å²) in [4.78, 5) is 64.9. The van der Waals surface area contributed by atoms with Gasteiger partial charge in [0, 0.05) is 0 Å². The molecule has 0 amide bonds. The number of imidazole rings is 1. The Morgan fingerprint density at radius 1 is 1.10 bits per heavy atom. The average Bonchev–Trinajstić information content (AvgIpc) is 3.13. The van der Waals surface area contributed by atoms with Crippen LogP contribution in [-0.2, 0) is 31.6 Å². The third-order valence-corrected chi connectivity index (χ3v) is 7.44.